The zero-order chi connectivity index (χ0) is 16.9. The van der Waals surface area contributed by atoms with Crippen molar-refractivity contribution < 1.29 is 9.53 Å². The molecule has 1 N–H and O–H groups in total. The first-order valence-corrected chi connectivity index (χ1v) is 7.99. The predicted octanol–water partition coefficient (Wildman–Crippen LogP) is 3.99. The molecule has 0 unspecified atom stereocenters. The highest BCUT2D eigenvalue weighted by Gasteiger charge is 2.32. The fraction of sp³-hybridized carbons (Fsp3) is 0.316. The van der Waals surface area contributed by atoms with Gasteiger partial charge < -0.3 is 10.1 Å². The first-order valence-electron chi connectivity index (χ1n) is 7.61. The largest absolute Gasteiger partial charge is 0.496 e. The van der Waals surface area contributed by atoms with Crippen molar-refractivity contribution in [3.8, 4) is 5.75 Å². The molecule has 4 heteroatoms. The summed E-state index contributed by atoms with van der Waals surface area (Å²) >= 11 is 5.87. The van der Waals surface area contributed by atoms with E-state index in [4.69, 9.17) is 16.3 Å². The van der Waals surface area contributed by atoms with Crippen LogP contribution in [0.2, 0.25) is 5.02 Å². The summed E-state index contributed by atoms with van der Waals surface area (Å²) in [6, 6.07) is 15.3. The number of nitrogens with one attached hydrogen (secondary N) is 1. The number of hydrogen-bond acceptors (Lipinski definition) is 2. The third-order valence-corrected chi connectivity index (χ3v) is 4.21. The van der Waals surface area contributed by atoms with Crippen LogP contribution in [0, 0.1) is 0 Å². The van der Waals surface area contributed by atoms with Gasteiger partial charge in [0, 0.05) is 17.1 Å². The van der Waals surface area contributed by atoms with Gasteiger partial charge in [0.2, 0.25) is 5.91 Å². The van der Waals surface area contributed by atoms with Crippen LogP contribution in [-0.2, 0) is 16.6 Å². The minimum Gasteiger partial charge on any atom is -0.496 e. The Labute approximate surface area is 142 Å². The smallest absolute Gasteiger partial charge is 0.230 e. The van der Waals surface area contributed by atoms with E-state index in [0.717, 1.165) is 28.3 Å². The molecule has 0 aliphatic heterocycles. The number of halogens is 1. The Hall–Kier alpha value is -2.00. The Morgan fingerprint density at radius 1 is 1.13 bits per heavy atom. The molecule has 0 saturated heterocycles. The zero-order valence-electron chi connectivity index (χ0n) is 13.7. The first kappa shape index (κ1) is 17.4. The minimum atomic E-state index is -0.660. The van der Waals surface area contributed by atoms with Gasteiger partial charge >= 0.3 is 0 Å². The molecule has 0 saturated carbocycles. The number of amides is 1. The Morgan fingerprint density at radius 3 is 2.43 bits per heavy atom. The molecule has 0 atom stereocenters. The average Bonchev–Trinajstić information content (AvgIpc) is 2.56. The molecule has 23 heavy (non-hydrogen) atoms. The second kappa shape index (κ2) is 7.51. The number of carbonyl (C=O) groups excluding carboxylic acids is 1. The van der Waals surface area contributed by atoms with Crippen molar-refractivity contribution >= 4 is 17.5 Å². The van der Waals surface area contributed by atoms with Crippen molar-refractivity contribution in [1.82, 2.24) is 5.32 Å². The summed E-state index contributed by atoms with van der Waals surface area (Å²) in [4.78, 5) is 12.6. The molecule has 0 aliphatic carbocycles. The van der Waals surface area contributed by atoms with E-state index in [1.807, 2.05) is 62.4 Å². The van der Waals surface area contributed by atoms with Crippen LogP contribution >= 0.6 is 11.6 Å². The lowest BCUT2D eigenvalue weighted by molar-refractivity contribution is -0.125. The highest BCUT2D eigenvalue weighted by Crippen LogP contribution is 2.31. The third-order valence-electron chi connectivity index (χ3n) is 3.96. The van der Waals surface area contributed by atoms with E-state index in [2.05, 4.69) is 5.32 Å². The molecule has 0 radical (unpaired) electrons. The van der Waals surface area contributed by atoms with Crippen LogP contribution < -0.4 is 10.1 Å². The van der Waals surface area contributed by atoms with E-state index >= 15 is 0 Å². The van der Waals surface area contributed by atoms with Gasteiger partial charge in [0.15, 0.2) is 0 Å². The van der Waals surface area contributed by atoms with Gasteiger partial charge in [-0.05, 0) is 44.0 Å². The van der Waals surface area contributed by atoms with Crippen LogP contribution in [0.3, 0.4) is 0 Å². The normalized spacial score (nSPS) is 11.1. The standard InChI is InChI=1S/C19H22ClNO2/c1-19(2,16-6-4-5-7-17(16)23-3)18(22)21-13-12-14-8-10-15(20)11-9-14/h4-11H,12-13H2,1-3H3,(H,21,22). The summed E-state index contributed by atoms with van der Waals surface area (Å²) in [5.41, 5.74) is 1.36. The maximum atomic E-state index is 12.6. The summed E-state index contributed by atoms with van der Waals surface area (Å²) in [7, 11) is 1.62. The van der Waals surface area contributed by atoms with Crippen molar-refractivity contribution in [3.63, 3.8) is 0 Å². The molecule has 0 aromatic heterocycles. The molecule has 1 amide bonds. The number of para-hydroxylation sites is 1. The van der Waals surface area contributed by atoms with Crippen molar-refractivity contribution in [3.05, 3.63) is 64.7 Å². The quantitative estimate of drug-likeness (QED) is 0.869. The van der Waals surface area contributed by atoms with E-state index in [1.165, 1.54) is 0 Å². The molecule has 0 fully saturated rings. The number of rotatable bonds is 6. The van der Waals surface area contributed by atoms with Gasteiger partial charge in [0.25, 0.3) is 0 Å². The molecule has 0 heterocycles. The molecule has 2 aromatic carbocycles. The lowest BCUT2D eigenvalue weighted by Crippen LogP contribution is -2.41. The van der Waals surface area contributed by atoms with Gasteiger partial charge in [-0.25, -0.2) is 0 Å². The third kappa shape index (κ3) is 4.26. The predicted molar refractivity (Wildman–Crippen MR) is 94.2 cm³/mol. The number of methoxy groups -OCH3 is 1. The number of carbonyl (C=O) groups is 1. The van der Waals surface area contributed by atoms with E-state index in [0.29, 0.717) is 6.54 Å². The second-order valence-electron chi connectivity index (χ2n) is 5.96. The van der Waals surface area contributed by atoms with Gasteiger partial charge in [0.05, 0.1) is 12.5 Å². The van der Waals surface area contributed by atoms with E-state index in [1.54, 1.807) is 7.11 Å². The summed E-state index contributed by atoms with van der Waals surface area (Å²) in [6.45, 7) is 4.39. The Morgan fingerprint density at radius 2 is 1.78 bits per heavy atom. The maximum absolute atomic E-state index is 12.6. The van der Waals surface area contributed by atoms with Crippen molar-refractivity contribution in [2.75, 3.05) is 13.7 Å². The van der Waals surface area contributed by atoms with Crippen molar-refractivity contribution in [2.24, 2.45) is 0 Å². The Kier molecular flexibility index (Phi) is 5.67. The van der Waals surface area contributed by atoms with Gasteiger partial charge in [-0.1, -0.05) is 41.9 Å². The Bertz CT molecular complexity index is 665. The highest BCUT2D eigenvalue weighted by atomic mass is 35.5. The van der Waals surface area contributed by atoms with Gasteiger partial charge in [-0.2, -0.15) is 0 Å². The fourth-order valence-electron chi connectivity index (χ4n) is 2.48. The lowest BCUT2D eigenvalue weighted by Gasteiger charge is -2.26. The Balaban J connectivity index is 2.00. The lowest BCUT2D eigenvalue weighted by atomic mass is 9.83. The molecular weight excluding hydrogens is 310 g/mol. The van der Waals surface area contributed by atoms with Gasteiger partial charge in [-0.3, -0.25) is 4.79 Å². The SMILES string of the molecule is COc1ccccc1C(C)(C)C(=O)NCCc1ccc(Cl)cc1. The topological polar surface area (TPSA) is 38.3 Å². The first-order chi connectivity index (χ1) is 10.9. The van der Waals surface area contributed by atoms with Crippen LogP contribution in [0.15, 0.2) is 48.5 Å². The molecule has 0 aliphatic rings. The van der Waals surface area contributed by atoms with Gasteiger partial charge in [-0.15, -0.1) is 0 Å². The van der Waals surface area contributed by atoms with E-state index in [9.17, 15) is 4.79 Å². The van der Waals surface area contributed by atoms with Gasteiger partial charge in [0.1, 0.15) is 5.75 Å². The summed E-state index contributed by atoms with van der Waals surface area (Å²) in [5, 5.41) is 3.73. The molecule has 2 aromatic rings. The molecule has 0 bridgehead atoms. The highest BCUT2D eigenvalue weighted by molar-refractivity contribution is 6.30. The zero-order valence-corrected chi connectivity index (χ0v) is 14.5. The molecule has 122 valence electrons. The monoisotopic (exact) mass is 331 g/mol. The number of benzene rings is 2. The fourth-order valence-corrected chi connectivity index (χ4v) is 2.60. The summed E-state index contributed by atoms with van der Waals surface area (Å²) in [6.07, 6.45) is 0.769. The average molecular weight is 332 g/mol. The molecule has 2 rings (SSSR count). The number of ether oxygens (including phenoxy) is 1. The molecule has 3 nitrogen and oxygen atoms in total. The summed E-state index contributed by atoms with van der Waals surface area (Å²) < 4.78 is 5.37. The van der Waals surface area contributed by atoms with Crippen LogP contribution in [0.5, 0.6) is 5.75 Å². The van der Waals surface area contributed by atoms with E-state index in [-0.39, 0.29) is 5.91 Å². The van der Waals surface area contributed by atoms with Crippen LogP contribution in [-0.4, -0.2) is 19.6 Å². The maximum Gasteiger partial charge on any atom is 0.230 e. The van der Waals surface area contributed by atoms with Crippen LogP contribution in [0.25, 0.3) is 0 Å². The van der Waals surface area contributed by atoms with E-state index < -0.39 is 5.41 Å². The minimum absolute atomic E-state index is 0.0176. The van der Waals surface area contributed by atoms with Crippen LogP contribution in [0.1, 0.15) is 25.0 Å². The molecule has 0 spiro atoms. The van der Waals surface area contributed by atoms with Crippen molar-refractivity contribution in [1.29, 1.82) is 0 Å². The van der Waals surface area contributed by atoms with Crippen molar-refractivity contribution in [2.45, 2.75) is 25.7 Å². The summed E-state index contributed by atoms with van der Waals surface area (Å²) in [5.74, 6) is 0.710. The number of hydrogen-bond donors (Lipinski definition) is 1. The van der Waals surface area contributed by atoms with Crippen LogP contribution in [0.4, 0.5) is 0 Å². The second-order valence-corrected chi connectivity index (χ2v) is 6.39. The molecular formula is C19H22ClNO2.